The Morgan fingerprint density at radius 1 is 1.19 bits per heavy atom. The van der Waals surface area contributed by atoms with E-state index in [1.165, 1.54) is 0 Å². The summed E-state index contributed by atoms with van der Waals surface area (Å²) in [4.78, 5) is 30.1. The van der Waals surface area contributed by atoms with Crippen LogP contribution in [-0.2, 0) is 14.3 Å². The predicted octanol–water partition coefficient (Wildman–Crippen LogP) is 2.41. The number of carbonyl (C=O) groups excluding carboxylic acids is 2. The summed E-state index contributed by atoms with van der Waals surface area (Å²) >= 11 is 0. The lowest BCUT2D eigenvalue weighted by Gasteiger charge is -2.17. The molecule has 0 spiro atoms. The molecule has 8 heteroatoms. The van der Waals surface area contributed by atoms with Crippen molar-refractivity contribution in [3.63, 3.8) is 0 Å². The smallest absolute Gasteiger partial charge is 0.251 e. The van der Waals surface area contributed by atoms with E-state index in [0.29, 0.717) is 24.3 Å². The van der Waals surface area contributed by atoms with Crippen LogP contribution in [0.3, 0.4) is 0 Å². The molecule has 3 rings (SSSR count). The number of carbonyl (C=O) groups is 2. The van der Waals surface area contributed by atoms with E-state index in [1.807, 2.05) is 25.2 Å². The first-order valence-corrected chi connectivity index (χ1v) is 10.7. The summed E-state index contributed by atoms with van der Waals surface area (Å²) in [7, 11) is 1.54. The average Bonchev–Trinajstić information content (AvgIpc) is 3.60. The molecule has 170 valence electrons. The van der Waals surface area contributed by atoms with Gasteiger partial charge in [-0.15, -0.1) is 0 Å². The normalized spacial score (nSPS) is 18.8. The van der Waals surface area contributed by atoms with E-state index in [1.54, 1.807) is 31.4 Å². The molecular formula is C24H30N4O4. The number of amides is 1. The topological polar surface area (TPSA) is 129 Å². The molecule has 1 unspecified atom stereocenters. The quantitative estimate of drug-likeness (QED) is 0.169. The molecule has 8 nitrogen and oxygen atoms in total. The highest BCUT2D eigenvalue weighted by atomic mass is 16.5. The number of methoxy groups -OCH3 is 1. The van der Waals surface area contributed by atoms with Crippen molar-refractivity contribution in [3.05, 3.63) is 65.1 Å². The summed E-state index contributed by atoms with van der Waals surface area (Å²) in [5.74, 6) is -1.00. The van der Waals surface area contributed by atoms with Crippen molar-refractivity contribution in [2.24, 2.45) is 22.4 Å². The summed E-state index contributed by atoms with van der Waals surface area (Å²) in [5, 5.41) is 2.95. The Kier molecular flexibility index (Phi) is 7.83. The fraction of sp³-hybridized carbons (Fsp3) is 0.375. The molecule has 0 aliphatic heterocycles. The Hall–Kier alpha value is -3.39. The number of allylic oxidation sites excluding steroid dienone is 4. The first-order chi connectivity index (χ1) is 15.4. The summed E-state index contributed by atoms with van der Waals surface area (Å²) in [6, 6.07) is 5.44. The van der Waals surface area contributed by atoms with Gasteiger partial charge in [0.15, 0.2) is 11.7 Å². The van der Waals surface area contributed by atoms with Crippen LogP contribution >= 0.6 is 0 Å². The molecule has 1 fully saturated rings. The van der Waals surface area contributed by atoms with Gasteiger partial charge in [-0.05, 0) is 43.9 Å². The third kappa shape index (κ3) is 6.07. The number of nitrogens with zero attached hydrogens (tertiary/aromatic N) is 1. The number of nitrogens with two attached hydrogens (primary N) is 2. The van der Waals surface area contributed by atoms with Crippen molar-refractivity contribution in [2.45, 2.75) is 32.2 Å². The molecule has 1 atom stereocenters. The van der Waals surface area contributed by atoms with Crippen LogP contribution < -0.4 is 16.8 Å². The highest BCUT2D eigenvalue weighted by Crippen LogP contribution is 2.25. The number of Topliss-reactive ketones (excluding diaryl/α,β-unsaturated/α-hetero) is 1. The third-order valence-electron chi connectivity index (χ3n) is 5.24. The Bertz CT molecular complexity index is 990. The van der Waals surface area contributed by atoms with Gasteiger partial charge in [-0.1, -0.05) is 30.4 Å². The Morgan fingerprint density at radius 3 is 2.62 bits per heavy atom. The Labute approximate surface area is 188 Å². The summed E-state index contributed by atoms with van der Waals surface area (Å²) in [6.45, 7) is 2.33. The van der Waals surface area contributed by atoms with Crippen molar-refractivity contribution in [2.75, 3.05) is 20.3 Å². The zero-order chi connectivity index (χ0) is 23.1. The number of hydrogen-bond acceptors (Lipinski definition) is 6. The van der Waals surface area contributed by atoms with Crippen LogP contribution in [0.4, 0.5) is 5.69 Å². The number of amidine groups is 1. The van der Waals surface area contributed by atoms with E-state index in [-0.39, 0.29) is 41.6 Å². The van der Waals surface area contributed by atoms with E-state index >= 15 is 0 Å². The fourth-order valence-corrected chi connectivity index (χ4v) is 3.19. The molecule has 32 heavy (non-hydrogen) atoms. The second-order valence-electron chi connectivity index (χ2n) is 7.85. The van der Waals surface area contributed by atoms with Crippen molar-refractivity contribution in [1.29, 1.82) is 0 Å². The molecule has 0 bridgehead atoms. The van der Waals surface area contributed by atoms with Gasteiger partial charge in [0, 0.05) is 24.6 Å². The number of ketones is 1. The van der Waals surface area contributed by atoms with E-state index in [9.17, 15) is 9.59 Å². The minimum Gasteiger partial charge on any atom is -0.476 e. The standard InChI is InChI=1S/C24H30N4O4/c1-15-8-9-17(24(30)27-18-10-11-18)14-19(15)28-22(25)20(23(26)32-13-12-31-2)21(29)16-6-4-3-5-7-16/h3-6,8-9,14,16,18H,7,10-13,26H2,1-2H3,(H2,25,28)(H,27,30). The van der Waals surface area contributed by atoms with E-state index in [4.69, 9.17) is 20.9 Å². The lowest BCUT2D eigenvalue weighted by Crippen LogP contribution is -2.30. The molecule has 1 amide bonds. The molecule has 1 aromatic rings. The van der Waals surface area contributed by atoms with Crippen molar-refractivity contribution in [1.82, 2.24) is 5.32 Å². The summed E-state index contributed by atoms with van der Waals surface area (Å²) in [6.07, 6.45) is 9.93. The molecule has 0 heterocycles. The predicted molar refractivity (Wildman–Crippen MR) is 123 cm³/mol. The van der Waals surface area contributed by atoms with Crippen LogP contribution in [0.1, 0.15) is 35.2 Å². The molecule has 0 saturated heterocycles. The SMILES string of the molecule is COCCOC(N)=C(C(=O)C1C=CC=CC1)C(N)=Nc1cc(C(=O)NC2CC2)ccc1C. The van der Waals surface area contributed by atoms with Gasteiger partial charge in [0.25, 0.3) is 5.91 Å². The number of aryl methyl sites for hydroxylation is 1. The molecule has 0 aromatic heterocycles. The highest BCUT2D eigenvalue weighted by Gasteiger charge is 2.27. The third-order valence-corrected chi connectivity index (χ3v) is 5.24. The van der Waals surface area contributed by atoms with Gasteiger partial charge in [0.1, 0.15) is 18.0 Å². The number of ether oxygens (including phenoxy) is 2. The maximum Gasteiger partial charge on any atom is 0.251 e. The van der Waals surface area contributed by atoms with Gasteiger partial charge in [-0.25, -0.2) is 4.99 Å². The molecular weight excluding hydrogens is 408 g/mol. The van der Waals surface area contributed by atoms with Crippen molar-refractivity contribution >= 4 is 23.2 Å². The minimum absolute atomic E-state index is 0.0262. The Morgan fingerprint density at radius 2 is 1.97 bits per heavy atom. The lowest BCUT2D eigenvalue weighted by atomic mass is 9.91. The molecule has 0 radical (unpaired) electrons. The van der Waals surface area contributed by atoms with Gasteiger partial charge in [-0.3, -0.25) is 9.59 Å². The van der Waals surface area contributed by atoms with Crippen molar-refractivity contribution in [3.8, 4) is 0 Å². The van der Waals surface area contributed by atoms with Crippen LogP contribution in [0.15, 0.2) is 59.0 Å². The molecule has 2 aliphatic rings. The van der Waals surface area contributed by atoms with Gasteiger partial charge in [-0.2, -0.15) is 0 Å². The zero-order valence-corrected chi connectivity index (χ0v) is 18.5. The second kappa shape index (κ2) is 10.8. The number of aliphatic imine (C=N–C) groups is 1. The van der Waals surface area contributed by atoms with Gasteiger partial charge in [0.2, 0.25) is 0 Å². The van der Waals surface area contributed by atoms with Gasteiger partial charge < -0.3 is 26.3 Å². The first kappa shape index (κ1) is 23.3. The van der Waals surface area contributed by atoms with Crippen LogP contribution in [0.2, 0.25) is 0 Å². The second-order valence-corrected chi connectivity index (χ2v) is 7.85. The average molecular weight is 439 g/mol. The maximum atomic E-state index is 13.2. The molecule has 1 aromatic carbocycles. The van der Waals surface area contributed by atoms with Crippen molar-refractivity contribution < 1.29 is 19.1 Å². The summed E-state index contributed by atoms with van der Waals surface area (Å²) < 4.78 is 10.5. The molecule has 5 N–H and O–H groups in total. The van der Waals surface area contributed by atoms with Crippen LogP contribution in [0.5, 0.6) is 0 Å². The number of nitrogens with one attached hydrogen (secondary N) is 1. The van der Waals surface area contributed by atoms with Crippen LogP contribution in [0.25, 0.3) is 0 Å². The maximum absolute atomic E-state index is 13.2. The van der Waals surface area contributed by atoms with Gasteiger partial charge >= 0.3 is 0 Å². The molecule has 2 aliphatic carbocycles. The summed E-state index contributed by atoms with van der Waals surface area (Å²) in [5.41, 5.74) is 14.2. The number of rotatable bonds is 10. The largest absolute Gasteiger partial charge is 0.476 e. The molecule has 1 saturated carbocycles. The van der Waals surface area contributed by atoms with Crippen LogP contribution in [0, 0.1) is 12.8 Å². The Balaban J connectivity index is 1.92. The number of benzene rings is 1. The van der Waals surface area contributed by atoms with Crippen LogP contribution in [-0.4, -0.2) is 43.9 Å². The number of hydrogen-bond donors (Lipinski definition) is 3. The van der Waals surface area contributed by atoms with E-state index < -0.39 is 5.92 Å². The highest BCUT2D eigenvalue weighted by molar-refractivity contribution is 6.23. The first-order valence-electron chi connectivity index (χ1n) is 10.7. The van der Waals surface area contributed by atoms with E-state index in [2.05, 4.69) is 10.3 Å². The minimum atomic E-state index is -0.412. The van der Waals surface area contributed by atoms with Gasteiger partial charge in [0.05, 0.1) is 12.3 Å². The lowest BCUT2D eigenvalue weighted by molar-refractivity contribution is -0.117. The fourth-order valence-electron chi connectivity index (χ4n) is 3.19. The van der Waals surface area contributed by atoms with E-state index in [0.717, 1.165) is 18.4 Å². The monoisotopic (exact) mass is 438 g/mol. The zero-order valence-electron chi connectivity index (χ0n) is 18.5.